The van der Waals surface area contributed by atoms with Crippen LogP contribution in [0.3, 0.4) is 0 Å². The number of hydrogen-bond acceptors (Lipinski definition) is 3. The molecule has 0 fully saturated rings. The summed E-state index contributed by atoms with van der Waals surface area (Å²) in [5.41, 5.74) is 3.48. The van der Waals surface area contributed by atoms with Crippen molar-refractivity contribution in [1.82, 2.24) is 5.32 Å². The van der Waals surface area contributed by atoms with Crippen molar-refractivity contribution in [2.75, 3.05) is 12.8 Å². The van der Waals surface area contributed by atoms with Gasteiger partial charge in [-0.2, -0.15) is 0 Å². The average molecular weight is 358 g/mol. The Labute approximate surface area is 150 Å². The Balaban J connectivity index is 2.04. The molecular formula is C20H20FNS2. The largest absolute Gasteiger partial charge is 0.312 e. The summed E-state index contributed by atoms with van der Waals surface area (Å²) in [6.45, 7) is 3.91. The van der Waals surface area contributed by atoms with Crippen molar-refractivity contribution >= 4 is 23.1 Å². The maximum absolute atomic E-state index is 13.3. The minimum absolute atomic E-state index is 0.200. The molecule has 2 aromatic carbocycles. The summed E-state index contributed by atoms with van der Waals surface area (Å²) in [7, 11) is 0. The molecule has 1 N–H and O–H groups in total. The molecule has 0 saturated carbocycles. The number of thiophene rings is 1. The Morgan fingerprint density at radius 3 is 2.29 bits per heavy atom. The van der Waals surface area contributed by atoms with Gasteiger partial charge in [0.15, 0.2) is 0 Å². The van der Waals surface area contributed by atoms with Gasteiger partial charge in [-0.1, -0.05) is 31.2 Å². The summed E-state index contributed by atoms with van der Waals surface area (Å²) < 4.78 is 13.3. The van der Waals surface area contributed by atoms with E-state index in [4.69, 9.17) is 0 Å². The monoisotopic (exact) mass is 357 g/mol. The summed E-state index contributed by atoms with van der Waals surface area (Å²) in [6.07, 6.45) is 2.08. The molecule has 24 heavy (non-hydrogen) atoms. The zero-order chi connectivity index (χ0) is 16.9. The lowest BCUT2D eigenvalue weighted by Crippen LogP contribution is -2.10. The van der Waals surface area contributed by atoms with Gasteiger partial charge in [0.25, 0.3) is 0 Å². The lowest BCUT2D eigenvalue weighted by atomic mass is 10.0. The standard InChI is InChI=1S/C20H20FNS2/c1-3-22-13-18-12-19(14-6-10-17(23-2)11-7-14)20(24-18)15-4-8-16(21)9-5-15/h4-12,22H,3,13H2,1-2H3. The van der Waals surface area contributed by atoms with Crippen LogP contribution in [0.1, 0.15) is 11.8 Å². The zero-order valence-electron chi connectivity index (χ0n) is 13.8. The van der Waals surface area contributed by atoms with Crippen LogP contribution in [0.2, 0.25) is 0 Å². The van der Waals surface area contributed by atoms with E-state index in [9.17, 15) is 4.39 Å². The fraction of sp³-hybridized carbons (Fsp3) is 0.200. The van der Waals surface area contributed by atoms with E-state index in [0.29, 0.717) is 0 Å². The normalized spacial score (nSPS) is 11.0. The second kappa shape index (κ2) is 7.97. The van der Waals surface area contributed by atoms with Gasteiger partial charge in [0.05, 0.1) is 0 Å². The predicted molar refractivity (Wildman–Crippen MR) is 104 cm³/mol. The first-order chi connectivity index (χ1) is 11.7. The predicted octanol–water partition coefficient (Wildman–Crippen LogP) is 6.05. The summed E-state index contributed by atoms with van der Waals surface area (Å²) >= 11 is 3.52. The minimum atomic E-state index is -0.200. The molecule has 0 saturated heterocycles. The van der Waals surface area contributed by atoms with E-state index in [0.717, 1.165) is 18.7 Å². The summed E-state index contributed by atoms with van der Waals surface area (Å²) in [5, 5.41) is 3.38. The first-order valence-corrected chi connectivity index (χ1v) is 9.99. The Kier molecular flexibility index (Phi) is 5.72. The van der Waals surface area contributed by atoms with Crippen LogP contribution in [0.5, 0.6) is 0 Å². The lowest BCUT2D eigenvalue weighted by molar-refractivity contribution is 0.628. The van der Waals surface area contributed by atoms with Crippen LogP contribution in [0.4, 0.5) is 4.39 Å². The Morgan fingerprint density at radius 2 is 1.67 bits per heavy atom. The third-order valence-corrected chi connectivity index (χ3v) is 5.77. The third-order valence-electron chi connectivity index (χ3n) is 3.84. The van der Waals surface area contributed by atoms with Gasteiger partial charge in [-0.3, -0.25) is 0 Å². The summed E-state index contributed by atoms with van der Waals surface area (Å²) in [6, 6.07) is 17.7. The van der Waals surface area contributed by atoms with Crippen molar-refractivity contribution in [2.24, 2.45) is 0 Å². The molecule has 0 aliphatic carbocycles. The molecule has 0 unspecified atom stereocenters. The van der Waals surface area contributed by atoms with Gasteiger partial charge in [-0.05, 0) is 54.3 Å². The van der Waals surface area contributed by atoms with Crippen LogP contribution in [0.15, 0.2) is 59.5 Å². The fourth-order valence-corrected chi connectivity index (χ4v) is 4.14. The Hall–Kier alpha value is -1.62. The molecule has 0 aliphatic heterocycles. The fourth-order valence-electron chi connectivity index (χ4n) is 2.58. The molecule has 0 aliphatic rings. The number of benzene rings is 2. The van der Waals surface area contributed by atoms with E-state index in [1.807, 2.05) is 12.1 Å². The molecule has 0 amide bonds. The van der Waals surface area contributed by atoms with Gasteiger partial charge in [-0.25, -0.2) is 4.39 Å². The Bertz CT molecular complexity index is 792. The molecular weight excluding hydrogens is 337 g/mol. The summed E-state index contributed by atoms with van der Waals surface area (Å²) in [4.78, 5) is 3.74. The van der Waals surface area contributed by atoms with E-state index < -0.39 is 0 Å². The van der Waals surface area contributed by atoms with E-state index in [2.05, 4.69) is 48.8 Å². The van der Waals surface area contributed by atoms with Crippen molar-refractivity contribution in [3.05, 3.63) is 65.3 Å². The highest BCUT2D eigenvalue weighted by Crippen LogP contribution is 2.39. The van der Waals surface area contributed by atoms with Crippen molar-refractivity contribution in [2.45, 2.75) is 18.4 Å². The van der Waals surface area contributed by atoms with Crippen LogP contribution in [0, 0.1) is 5.82 Å². The van der Waals surface area contributed by atoms with Crippen LogP contribution < -0.4 is 5.32 Å². The topological polar surface area (TPSA) is 12.0 Å². The van der Waals surface area contributed by atoms with Crippen molar-refractivity contribution in [1.29, 1.82) is 0 Å². The molecule has 1 aromatic heterocycles. The van der Waals surface area contributed by atoms with E-state index in [-0.39, 0.29) is 5.82 Å². The molecule has 1 heterocycles. The van der Waals surface area contributed by atoms with Crippen LogP contribution >= 0.6 is 23.1 Å². The SMILES string of the molecule is CCNCc1cc(-c2ccc(SC)cc2)c(-c2ccc(F)cc2)s1. The second-order valence-corrected chi connectivity index (χ2v) is 7.49. The summed E-state index contributed by atoms with van der Waals surface area (Å²) in [5.74, 6) is -0.200. The molecule has 0 atom stereocenters. The molecule has 0 bridgehead atoms. The molecule has 124 valence electrons. The quantitative estimate of drug-likeness (QED) is 0.539. The molecule has 1 nitrogen and oxygen atoms in total. The van der Waals surface area contributed by atoms with E-state index in [1.165, 1.54) is 37.9 Å². The van der Waals surface area contributed by atoms with Gasteiger partial charge in [0, 0.05) is 26.8 Å². The van der Waals surface area contributed by atoms with Crippen molar-refractivity contribution in [3.63, 3.8) is 0 Å². The number of hydrogen-bond donors (Lipinski definition) is 1. The second-order valence-electron chi connectivity index (χ2n) is 5.47. The lowest BCUT2D eigenvalue weighted by Gasteiger charge is -2.05. The number of halogens is 1. The van der Waals surface area contributed by atoms with Crippen molar-refractivity contribution < 1.29 is 4.39 Å². The average Bonchev–Trinajstić information content (AvgIpc) is 3.05. The van der Waals surface area contributed by atoms with Crippen molar-refractivity contribution in [3.8, 4) is 21.6 Å². The zero-order valence-corrected chi connectivity index (χ0v) is 15.4. The first kappa shape index (κ1) is 17.2. The highest BCUT2D eigenvalue weighted by atomic mass is 32.2. The molecule has 3 rings (SSSR count). The third kappa shape index (κ3) is 3.89. The minimum Gasteiger partial charge on any atom is -0.312 e. The highest BCUT2D eigenvalue weighted by Gasteiger charge is 2.13. The molecule has 0 spiro atoms. The van der Waals surface area contributed by atoms with E-state index in [1.54, 1.807) is 23.1 Å². The van der Waals surface area contributed by atoms with Gasteiger partial charge in [-0.15, -0.1) is 23.1 Å². The van der Waals surface area contributed by atoms with Gasteiger partial charge < -0.3 is 5.32 Å². The van der Waals surface area contributed by atoms with Crippen LogP contribution in [-0.4, -0.2) is 12.8 Å². The highest BCUT2D eigenvalue weighted by molar-refractivity contribution is 7.98. The van der Waals surface area contributed by atoms with Gasteiger partial charge in [0.1, 0.15) is 5.82 Å². The molecule has 4 heteroatoms. The van der Waals surface area contributed by atoms with E-state index >= 15 is 0 Å². The molecule has 0 radical (unpaired) electrons. The van der Waals surface area contributed by atoms with Crippen LogP contribution in [0.25, 0.3) is 21.6 Å². The smallest absolute Gasteiger partial charge is 0.123 e. The maximum atomic E-state index is 13.3. The number of nitrogens with one attached hydrogen (secondary N) is 1. The molecule has 3 aromatic rings. The van der Waals surface area contributed by atoms with Gasteiger partial charge in [0.2, 0.25) is 0 Å². The van der Waals surface area contributed by atoms with Crippen LogP contribution in [-0.2, 0) is 6.54 Å². The number of rotatable bonds is 6. The maximum Gasteiger partial charge on any atom is 0.123 e. The Morgan fingerprint density at radius 1 is 1.00 bits per heavy atom. The van der Waals surface area contributed by atoms with Gasteiger partial charge >= 0.3 is 0 Å². The first-order valence-electron chi connectivity index (χ1n) is 7.95. The number of thioether (sulfide) groups is 1.